The van der Waals surface area contributed by atoms with E-state index in [0.717, 1.165) is 31.1 Å². The van der Waals surface area contributed by atoms with E-state index in [2.05, 4.69) is 9.88 Å². The van der Waals surface area contributed by atoms with Gasteiger partial charge in [0.2, 0.25) is 5.91 Å². The van der Waals surface area contributed by atoms with Gasteiger partial charge in [0, 0.05) is 25.8 Å². The molecule has 1 aromatic rings. The van der Waals surface area contributed by atoms with Crippen LogP contribution in [0.4, 0.5) is 5.69 Å². The maximum atomic E-state index is 12.9. The number of hydrogen-bond donors (Lipinski definition) is 0. The van der Waals surface area contributed by atoms with Crippen LogP contribution in [0.3, 0.4) is 0 Å². The largest absolute Gasteiger partial charge is 0.374 e. The highest BCUT2D eigenvalue weighted by atomic mass is 16.5. The SMILES string of the molecule is O=C1[C@@H]2CCN(CC3CC3)C[C@@H]2OCCN1c1cccnc1. The van der Waals surface area contributed by atoms with Gasteiger partial charge in [0.1, 0.15) is 0 Å². The highest BCUT2D eigenvalue weighted by Gasteiger charge is 2.40. The van der Waals surface area contributed by atoms with Crippen molar-refractivity contribution in [1.29, 1.82) is 0 Å². The zero-order valence-electron chi connectivity index (χ0n) is 12.9. The molecule has 5 nitrogen and oxygen atoms in total. The van der Waals surface area contributed by atoms with Crippen molar-refractivity contribution in [2.75, 3.05) is 37.7 Å². The molecular weight excluding hydrogens is 278 g/mol. The van der Waals surface area contributed by atoms with E-state index in [1.165, 1.54) is 19.4 Å². The molecule has 2 aliphatic heterocycles. The molecular formula is C17H23N3O2. The molecule has 0 spiro atoms. The Morgan fingerprint density at radius 1 is 1.27 bits per heavy atom. The monoisotopic (exact) mass is 301 g/mol. The summed E-state index contributed by atoms with van der Waals surface area (Å²) in [5.74, 6) is 1.10. The first-order valence-corrected chi connectivity index (χ1v) is 8.36. The van der Waals surface area contributed by atoms with E-state index >= 15 is 0 Å². The van der Waals surface area contributed by atoms with Gasteiger partial charge in [0.25, 0.3) is 0 Å². The molecule has 3 heterocycles. The lowest BCUT2D eigenvalue weighted by Crippen LogP contribution is -2.49. The number of nitrogens with zero attached hydrogens (tertiary/aromatic N) is 3. The fourth-order valence-electron chi connectivity index (χ4n) is 3.64. The van der Waals surface area contributed by atoms with Gasteiger partial charge in [0.15, 0.2) is 0 Å². The summed E-state index contributed by atoms with van der Waals surface area (Å²) in [6.07, 6.45) is 7.22. The lowest BCUT2D eigenvalue weighted by Gasteiger charge is -2.37. The molecule has 0 bridgehead atoms. The van der Waals surface area contributed by atoms with Crippen LogP contribution in [0.5, 0.6) is 0 Å². The summed E-state index contributed by atoms with van der Waals surface area (Å²) in [4.78, 5) is 21.4. The molecule has 2 saturated heterocycles. The summed E-state index contributed by atoms with van der Waals surface area (Å²) in [5, 5.41) is 0. The Balaban J connectivity index is 1.47. The standard InChI is InChI=1S/C17H23N3O2/c21-17-15-5-7-19(11-13-3-4-13)12-16(15)22-9-8-20(17)14-2-1-6-18-10-14/h1-2,6,10,13,15-16H,3-5,7-9,11-12H2/t15-,16+/m1/s1. The van der Waals surface area contributed by atoms with E-state index < -0.39 is 0 Å². The fraction of sp³-hybridized carbons (Fsp3) is 0.647. The van der Waals surface area contributed by atoms with E-state index in [0.29, 0.717) is 13.2 Å². The van der Waals surface area contributed by atoms with Crippen LogP contribution >= 0.6 is 0 Å². The number of amides is 1. The predicted octanol–water partition coefficient (Wildman–Crippen LogP) is 1.55. The number of carbonyl (C=O) groups excluding carboxylic acids is 1. The number of pyridine rings is 1. The molecule has 0 radical (unpaired) electrons. The second kappa shape index (κ2) is 5.97. The number of rotatable bonds is 3. The highest BCUT2D eigenvalue weighted by Crippen LogP contribution is 2.33. The average molecular weight is 301 g/mol. The molecule has 0 aromatic carbocycles. The fourth-order valence-corrected chi connectivity index (χ4v) is 3.64. The minimum atomic E-state index is -0.00170. The predicted molar refractivity (Wildman–Crippen MR) is 83.6 cm³/mol. The molecule has 3 fully saturated rings. The van der Waals surface area contributed by atoms with Crippen LogP contribution in [0.1, 0.15) is 19.3 Å². The molecule has 118 valence electrons. The third-order valence-electron chi connectivity index (χ3n) is 5.04. The Kier molecular flexibility index (Phi) is 3.84. The van der Waals surface area contributed by atoms with Crippen molar-refractivity contribution in [2.24, 2.45) is 11.8 Å². The molecule has 5 heteroatoms. The lowest BCUT2D eigenvalue weighted by atomic mass is 9.92. The van der Waals surface area contributed by atoms with Gasteiger partial charge < -0.3 is 14.5 Å². The third-order valence-corrected chi connectivity index (χ3v) is 5.04. The van der Waals surface area contributed by atoms with Crippen LogP contribution < -0.4 is 4.90 Å². The summed E-state index contributed by atoms with van der Waals surface area (Å²) < 4.78 is 6.04. The van der Waals surface area contributed by atoms with Crippen molar-refractivity contribution in [1.82, 2.24) is 9.88 Å². The van der Waals surface area contributed by atoms with E-state index in [9.17, 15) is 4.79 Å². The average Bonchev–Trinajstić information content (AvgIpc) is 3.37. The topological polar surface area (TPSA) is 45.7 Å². The van der Waals surface area contributed by atoms with Gasteiger partial charge in [0.05, 0.1) is 30.5 Å². The number of anilines is 1. The maximum Gasteiger partial charge on any atom is 0.232 e. The van der Waals surface area contributed by atoms with E-state index in [1.54, 1.807) is 12.4 Å². The number of ether oxygens (including phenoxy) is 1. The van der Waals surface area contributed by atoms with Crippen molar-refractivity contribution in [3.05, 3.63) is 24.5 Å². The molecule has 4 rings (SSSR count). The zero-order valence-corrected chi connectivity index (χ0v) is 12.9. The third kappa shape index (κ3) is 2.88. The summed E-state index contributed by atoms with van der Waals surface area (Å²) >= 11 is 0. The van der Waals surface area contributed by atoms with Crippen LogP contribution in [0.25, 0.3) is 0 Å². The molecule has 2 atom stereocenters. The van der Waals surface area contributed by atoms with E-state index in [-0.39, 0.29) is 17.9 Å². The number of carbonyl (C=O) groups is 1. The van der Waals surface area contributed by atoms with Crippen LogP contribution in [-0.4, -0.2) is 54.7 Å². The van der Waals surface area contributed by atoms with Crippen molar-refractivity contribution >= 4 is 11.6 Å². The lowest BCUT2D eigenvalue weighted by molar-refractivity contribution is -0.128. The molecule has 0 N–H and O–H groups in total. The smallest absolute Gasteiger partial charge is 0.232 e. The minimum Gasteiger partial charge on any atom is -0.374 e. The minimum absolute atomic E-state index is 0.00170. The maximum absolute atomic E-state index is 12.9. The van der Waals surface area contributed by atoms with Gasteiger partial charge in [-0.2, -0.15) is 0 Å². The first kappa shape index (κ1) is 14.2. The summed E-state index contributed by atoms with van der Waals surface area (Å²) in [5.41, 5.74) is 0.886. The van der Waals surface area contributed by atoms with Crippen LogP contribution in [0.2, 0.25) is 0 Å². The van der Waals surface area contributed by atoms with Crippen LogP contribution in [0.15, 0.2) is 24.5 Å². The van der Waals surface area contributed by atoms with Gasteiger partial charge in [-0.25, -0.2) is 0 Å². The summed E-state index contributed by atoms with van der Waals surface area (Å²) in [6, 6.07) is 3.83. The number of piperidine rings is 1. The van der Waals surface area contributed by atoms with Gasteiger partial charge in [-0.05, 0) is 43.9 Å². The summed E-state index contributed by atoms with van der Waals surface area (Å²) in [6.45, 7) is 4.35. The Bertz CT molecular complexity index is 532. The number of hydrogen-bond acceptors (Lipinski definition) is 4. The Labute approximate surface area is 131 Å². The van der Waals surface area contributed by atoms with Crippen molar-refractivity contribution in [2.45, 2.75) is 25.4 Å². The van der Waals surface area contributed by atoms with E-state index in [4.69, 9.17) is 4.74 Å². The second-order valence-electron chi connectivity index (χ2n) is 6.71. The number of likely N-dealkylation sites (tertiary alicyclic amines) is 1. The first-order chi connectivity index (χ1) is 10.8. The van der Waals surface area contributed by atoms with Crippen molar-refractivity contribution in [3.63, 3.8) is 0 Å². The highest BCUT2D eigenvalue weighted by molar-refractivity contribution is 5.95. The van der Waals surface area contributed by atoms with E-state index in [1.807, 2.05) is 17.0 Å². The zero-order chi connectivity index (χ0) is 14.9. The molecule has 1 aliphatic carbocycles. The van der Waals surface area contributed by atoms with Gasteiger partial charge >= 0.3 is 0 Å². The van der Waals surface area contributed by atoms with Crippen LogP contribution in [0, 0.1) is 11.8 Å². The Morgan fingerprint density at radius 2 is 2.18 bits per heavy atom. The quantitative estimate of drug-likeness (QED) is 0.850. The van der Waals surface area contributed by atoms with Gasteiger partial charge in [-0.15, -0.1) is 0 Å². The molecule has 22 heavy (non-hydrogen) atoms. The normalized spacial score (nSPS) is 30.0. The Morgan fingerprint density at radius 3 is 2.95 bits per heavy atom. The van der Waals surface area contributed by atoms with Crippen LogP contribution in [-0.2, 0) is 9.53 Å². The molecule has 0 unspecified atom stereocenters. The molecule has 3 aliphatic rings. The second-order valence-corrected chi connectivity index (χ2v) is 6.71. The van der Waals surface area contributed by atoms with Gasteiger partial charge in [-0.3, -0.25) is 9.78 Å². The van der Waals surface area contributed by atoms with Gasteiger partial charge in [-0.1, -0.05) is 0 Å². The molecule has 1 saturated carbocycles. The van der Waals surface area contributed by atoms with Crippen molar-refractivity contribution in [3.8, 4) is 0 Å². The molecule has 1 aromatic heterocycles. The number of aromatic nitrogens is 1. The Hall–Kier alpha value is -1.46. The summed E-state index contributed by atoms with van der Waals surface area (Å²) in [7, 11) is 0. The van der Waals surface area contributed by atoms with Crippen molar-refractivity contribution < 1.29 is 9.53 Å². The first-order valence-electron chi connectivity index (χ1n) is 8.36. The number of fused-ring (bicyclic) bond motifs is 1. The molecule has 1 amide bonds.